The minimum absolute atomic E-state index is 0.189. The fourth-order valence-electron chi connectivity index (χ4n) is 1.96. The number of hydrogen-bond acceptors (Lipinski definition) is 8. The van der Waals surface area contributed by atoms with E-state index in [9.17, 15) is 4.79 Å². The van der Waals surface area contributed by atoms with Crippen molar-refractivity contribution in [2.75, 3.05) is 25.7 Å². The highest BCUT2D eigenvalue weighted by molar-refractivity contribution is 8.02. The van der Waals surface area contributed by atoms with E-state index in [1.54, 1.807) is 34.9 Å². The Labute approximate surface area is 139 Å². The number of thioether (sulfide) groups is 2. The van der Waals surface area contributed by atoms with Gasteiger partial charge < -0.3 is 10.1 Å². The number of likely N-dealkylation sites (N-methyl/N-ethyl adjacent to an activating group) is 1. The van der Waals surface area contributed by atoms with Gasteiger partial charge in [-0.2, -0.15) is 0 Å². The Morgan fingerprint density at radius 2 is 2.10 bits per heavy atom. The second-order valence-corrected chi connectivity index (χ2v) is 8.07. The van der Waals surface area contributed by atoms with E-state index in [1.807, 2.05) is 20.1 Å². The highest BCUT2D eigenvalue weighted by atomic mass is 32.2. The molecule has 1 aromatic heterocycles. The molecule has 0 aliphatic heterocycles. The van der Waals surface area contributed by atoms with Crippen molar-refractivity contribution in [1.29, 1.82) is 0 Å². The quantitative estimate of drug-likeness (QED) is 0.395. The lowest BCUT2D eigenvalue weighted by atomic mass is 9.95. The first kappa shape index (κ1) is 18.7. The summed E-state index contributed by atoms with van der Waals surface area (Å²) in [5.41, 5.74) is -0.580. The summed E-state index contributed by atoms with van der Waals surface area (Å²) in [4.78, 5) is 11.8. The Morgan fingerprint density at radius 3 is 2.67 bits per heavy atom. The third kappa shape index (κ3) is 6.14. The summed E-state index contributed by atoms with van der Waals surface area (Å²) in [6, 6.07) is 0. The van der Waals surface area contributed by atoms with Crippen LogP contribution >= 0.6 is 34.9 Å². The second-order valence-electron chi connectivity index (χ2n) is 4.70. The van der Waals surface area contributed by atoms with E-state index in [1.165, 1.54) is 7.11 Å². The Hall–Kier alpha value is -0.310. The maximum Gasteiger partial charge on any atom is 0.325 e. The van der Waals surface area contributed by atoms with Crippen LogP contribution in [0.15, 0.2) is 8.68 Å². The van der Waals surface area contributed by atoms with Crippen molar-refractivity contribution in [2.24, 2.45) is 0 Å². The highest BCUT2D eigenvalue weighted by Crippen LogP contribution is 2.28. The number of methoxy groups -OCH3 is 1. The molecule has 0 aromatic carbocycles. The molecule has 1 N–H and O–H groups in total. The summed E-state index contributed by atoms with van der Waals surface area (Å²) in [7, 11) is 1.44. The topological polar surface area (TPSA) is 64.1 Å². The number of hydrogen-bond donors (Lipinski definition) is 1. The van der Waals surface area contributed by atoms with Crippen LogP contribution in [0.3, 0.4) is 0 Å². The van der Waals surface area contributed by atoms with Crippen LogP contribution in [0.1, 0.15) is 33.1 Å². The third-order valence-corrected chi connectivity index (χ3v) is 6.18. The molecule has 1 aromatic rings. The SMILES string of the molecule is CCNC(C)(CCCCSc1nnc(SC)s1)C(=O)OC. The molecule has 0 saturated heterocycles. The van der Waals surface area contributed by atoms with Crippen molar-refractivity contribution in [3.05, 3.63) is 0 Å². The molecule has 1 unspecified atom stereocenters. The molecule has 0 bridgehead atoms. The van der Waals surface area contributed by atoms with E-state index in [4.69, 9.17) is 4.74 Å². The van der Waals surface area contributed by atoms with Crippen molar-refractivity contribution in [3.8, 4) is 0 Å². The smallest absolute Gasteiger partial charge is 0.325 e. The maximum absolute atomic E-state index is 11.8. The Kier molecular flexibility index (Phi) is 8.62. The maximum atomic E-state index is 11.8. The van der Waals surface area contributed by atoms with Crippen LogP contribution in [-0.2, 0) is 9.53 Å². The molecule has 1 atom stereocenters. The standard InChI is InChI=1S/C13H23N3O2S3/c1-5-14-13(2,10(17)18-3)8-6-7-9-20-12-16-15-11(19-4)21-12/h14H,5-9H2,1-4H3. The molecular formula is C13H23N3O2S3. The molecule has 0 aliphatic carbocycles. The number of carbonyl (C=O) groups is 1. The largest absolute Gasteiger partial charge is 0.468 e. The van der Waals surface area contributed by atoms with Gasteiger partial charge in [-0.15, -0.1) is 10.2 Å². The lowest BCUT2D eigenvalue weighted by Gasteiger charge is -2.27. The summed E-state index contributed by atoms with van der Waals surface area (Å²) in [5, 5.41) is 11.4. The number of carbonyl (C=O) groups excluding carboxylic acids is 1. The second kappa shape index (κ2) is 9.66. The van der Waals surface area contributed by atoms with E-state index in [-0.39, 0.29) is 5.97 Å². The van der Waals surface area contributed by atoms with Gasteiger partial charge in [-0.05, 0) is 32.6 Å². The van der Waals surface area contributed by atoms with Gasteiger partial charge in [0.15, 0.2) is 8.68 Å². The molecule has 0 aliphatic rings. The number of nitrogens with one attached hydrogen (secondary N) is 1. The molecule has 1 heterocycles. The summed E-state index contributed by atoms with van der Waals surface area (Å²) in [6.45, 7) is 4.66. The van der Waals surface area contributed by atoms with Crippen LogP contribution in [0.25, 0.3) is 0 Å². The van der Waals surface area contributed by atoms with Gasteiger partial charge in [0.1, 0.15) is 5.54 Å². The zero-order valence-corrected chi connectivity index (χ0v) is 15.4. The van der Waals surface area contributed by atoms with Crippen LogP contribution in [0.2, 0.25) is 0 Å². The van der Waals surface area contributed by atoms with Gasteiger partial charge in [0.2, 0.25) is 0 Å². The van der Waals surface area contributed by atoms with Gasteiger partial charge in [-0.25, -0.2) is 0 Å². The molecule has 0 radical (unpaired) electrons. The van der Waals surface area contributed by atoms with E-state index >= 15 is 0 Å². The minimum atomic E-state index is -0.580. The molecule has 5 nitrogen and oxygen atoms in total. The third-order valence-electron chi connectivity index (χ3n) is 3.06. The van der Waals surface area contributed by atoms with Crippen LogP contribution in [-0.4, -0.2) is 47.4 Å². The van der Waals surface area contributed by atoms with Crippen molar-refractivity contribution in [3.63, 3.8) is 0 Å². The molecule has 0 saturated carbocycles. The van der Waals surface area contributed by atoms with E-state index in [0.29, 0.717) is 0 Å². The van der Waals surface area contributed by atoms with Crippen molar-refractivity contribution >= 4 is 40.8 Å². The molecule has 21 heavy (non-hydrogen) atoms. The van der Waals surface area contributed by atoms with E-state index in [0.717, 1.165) is 40.2 Å². The molecule has 1 rings (SSSR count). The predicted molar refractivity (Wildman–Crippen MR) is 90.4 cm³/mol. The Morgan fingerprint density at radius 1 is 1.38 bits per heavy atom. The minimum Gasteiger partial charge on any atom is -0.468 e. The summed E-state index contributed by atoms with van der Waals surface area (Å²) in [5.74, 6) is 0.803. The van der Waals surface area contributed by atoms with Gasteiger partial charge in [0.05, 0.1) is 7.11 Å². The van der Waals surface area contributed by atoms with Gasteiger partial charge in [-0.1, -0.05) is 48.2 Å². The van der Waals surface area contributed by atoms with Crippen molar-refractivity contribution in [2.45, 2.75) is 47.3 Å². The highest BCUT2D eigenvalue weighted by Gasteiger charge is 2.32. The summed E-state index contributed by atoms with van der Waals surface area (Å²) < 4.78 is 6.90. The van der Waals surface area contributed by atoms with Gasteiger partial charge in [0.25, 0.3) is 0 Å². The average Bonchev–Trinajstić information content (AvgIpc) is 2.94. The average molecular weight is 350 g/mol. The fourth-order valence-corrected chi connectivity index (χ4v) is 4.46. The number of ether oxygens (including phenoxy) is 1. The van der Waals surface area contributed by atoms with Gasteiger partial charge in [-0.3, -0.25) is 4.79 Å². The zero-order chi connectivity index (χ0) is 15.7. The molecule has 8 heteroatoms. The summed E-state index contributed by atoms with van der Waals surface area (Å²) in [6.07, 6.45) is 4.79. The van der Waals surface area contributed by atoms with Crippen LogP contribution in [0.5, 0.6) is 0 Å². The van der Waals surface area contributed by atoms with Crippen LogP contribution in [0, 0.1) is 0 Å². The number of rotatable bonds is 10. The first-order valence-corrected chi connectivity index (χ1v) is 9.92. The molecule has 120 valence electrons. The van der Waals surface area contributed by atoms with E-state index < -0.39 is 5.54 Å². The fraction of sp³-hybridized carbons (Fsp3) is 0.769. The van der Waals surface area contributed by atoms with Crippen molar-refractivity contribution < 1.29 is 9.53 Å². The first-order chi connectivity index (χ1) is 10.1. The molecule has 0 amide bonds. The molecule has 0 fully saturated rings. The number of aromatic nitrogens is 2. The normalized spacial score (nSPS) is 13.9. The predicted octanol–water partition coefficient (Wildman–Crippen LogP) is 3.06. The number of unbranched alkanes of at least 4 members (excludes halogenated alkanes) is 1. The monoisotopic (exact) mass is 349 g/mol. The first-order valence-electron chi connectivity index (χ1n) is 6.89. The van der Waals surface area contributed by atoms with E-state index in [2.05, 4.69) is 15.5 Å². The lowest BCUT2D eigenvalue weighted by molar-refractivity contribution is -0.148. The van der Waals surface area contributed by atoms with Gasteiger partial charge in [0, 0.05) is 5.75 Å². The number of nitrogens with zero attached hydrogens (tertiary/aromatic N) is 2. The molecule has 0 spiro atoms. The Bertz CT molecular complexity index is 442. The van der Waals surface area contributed by atoms with Gasteiger partial charge >= 0.3 is 5.97 Å². The van der Waals surface area contributed by atoms with Crippen molar-refractivity contribution in [1.82, 2.24) is 15.5 Å². The lowest BCUT2D eigenvalue weighted by Crippen LogP contribution is -2.50. The van der Waals surface area contributed by atoms with Crippen LogP contribution < -0.4 is 5.32 Å². The van der Waals surface area contributed by atoms with Crippen LogP contribution in [0.4, 0.5) is 0 Å². The summed E-state index contributed by atoms with van der Waals surface area (Å²) >= 11 is 4.98. The molecular weight excluding hydrogens is 326 g/mol. The Balaban J connectivity index is 2.29. The zero-order valence-electron chi connectivity index (χ0n) is 13.0. The number of esters is 1.